The van der Waals surface area contributed by atoms with Gasteiger partial charge in [0.25, 0.3) is 15.0 Å². The molecule has 1 N–H and O–H groups in total. The molecular formula is C12H16ClNO3S. The maximum absolute atomic E-state index is 11.9. The van der Waals surface area contributed by atoms with E-state index < -0.39 is 9.05 Å². The fourth-order valence-corrected chi connectivity index (χ4v) is 2.29. The van der Waals surface area contributed by atoms with Gasteiger partial charge in [-0.3, -0.25) is 4.79 Å². The highest BCUT2D eigenvalue weighted by atomic mass is 35.7. The zero-order valence-electron chi connectivity index (χ0n) is 10.7. The lowest BCUT2D eigenvalue weighted by Crippen LogP contribution is -2.40. The number of carbonyl (C=O) groups excluding carboxylic acids is 1. The van der Waals surface area contributed by atoms with Crippen LogP contribution in [0.25, 0.3) is 0 Å². The molecule has 0 atom stereocenters. The Balaban J connectivity index is 3.11. The van der Waals surface area contributed by atoms with Crippen molar-refractivity contribution in [1.82, 2.24) is 5.32 Å². The molecular weight excluding hydrogens is 274 g/mol. The highest BCUT2D eigenvalue weighted by molar-refractivity contribution is 8.13. The Morgan fingerprint density at radius 3 is 2.22 bits per heavy atom. The molecule has 0 bridgehead atoms. The summed E-state index contributed by atoms with van der Waals surface area (Å²) in [5.41, 5.74) is 0.660. The van der Waals surface area contributed by atoms with Crippen molar-refractivity contribution in [3.05, 3.63) is 29.3 Å². The lowest BCUT2D eigenvalue weighted by atomic mass is 10.1. The molecule has 0 saturated heterocycles. The fourth-order valence-electron chi connectivity index (χ4n) is 1.45. The van der Waals surface area contributed by atoms with Gasteiger partial charge < -0.3 is 5.32 Å². The largest absolute Gasteiger partial charge is 0.347 e. The van der Waals surface area contributed by atoms with Crippen LogP contribution in [0.5, 0.6) is 0 Å². The van der Waals surface area contributed by atoms with Crippen LogP contribution in [0.2, 0.25) is 0 Å². The van der Waals surface area contributed by atoms with Gasteiger partial charge in [0, 0.05) is 21.8 Å². The van der Waals surface area contributed by atoms with Crippen LogP contribution in [0.15, 0.2) is 23.1 Å². The van der Waals surface area contributed by atoms with Crippen molar-refractivity contribution in [1.29, 1.82) is 0 Å². The molecule has 0 aromatic heterocycles. The molecule has 0 aliphatic carbocycles. The molecule has 1 rings (SSSR count). The molecule has 1 aromatic rings. The van der Waals surface area contributed by atoms with Gasteiger partial charge in [-0.05, 0) is 51.5 Å². The van der Waals surface area contributed by atoms with Crippen molar-refractivity contribution >= 4 is 25.6 Å². The summed E-state index contributed by atoms with van der Waals surface area (Å²) in [7, 11) is 1.48. The van der Waals surface area contributed by atoms with E-state index in [4.69, 9.17) is 10.7 Å². The Bertz CT molecular complexity index is 573. The highest BCUT2D eigenvalue weighted by Crippen LogP contribution is 2.19. The molecule has 1 aromatic carbocycles. The Kier molecular flexibility index (Phi) is 4.08. The Hall–Kier alpha value is -1.07. The standard InChI is InChI=1S/C12H16ClNO3S/c1-8-7-9(18(13,16)17)5-6-10(8)11(15)14-12(2,3)4/h5-7H,1-4H3,(H,14,15). The lowest BCUT2D eigenvalue weighted by molar-refractivity contribution is 0.0919. The third-order valence-electron chi connectivity index (χ3n) is 2.21. The summed E-state index contributed by atoms with van der Waals surface area (Å²) in [6, 6.07) is 4.18. The molecule has 0 unspecified atom stereocenters. The minimum atomic E-state index is -3.76. The van der Waals surface area contributed by atoms with E-state index in [1.165, 1.54) is 18.2 Å². The summed E-state index contributed by atoms with van der Waals surface area (Å²) in [6.07, 6.45) is 0. The zero-order chi connectivity index (χ0) is 14.1. The van der Waals surface area contributed by atoms with Gasteiger partial charge in [0.2, 0.25) is 0 Å². The molecule has 0 saturated carbocycles. The lowest BCUT2D eigenvalue weighted by Gasteiger charge is -2.21. The average Bonchev–Trinajstić information content (AvgIpc) is 2.12. The molecule has 0 fully saturated rings. The van der Waals surface area contributed by atoms with Gasteiger partial charge in [-0.1, -0.05) is 0 Å². The normalized spacial score (nSPS) is 12.3. The first kappa shape index (κ1) is 15.0. The van der Waals surface area contributed by atoms with Crippen LogP contribution in [0.4, 0.5) is 0 Å². The van der Waals surface area contributed by atoms with Crippen LogP contribution in [0.1, 0.15) is 36.7 Å². The molecule has 1 amide bonds. The first-order valence-electron chi connectivity index (χ1n) is 5.38. The molecule has 0 aliphatic heterocycles. The van der Waals surface area contributed by atoms with Crippen LogP contribution >= 0.6 is 10.7 Å². The van der Waals surface area contributed by atoms with Crippen molar-refractivity contribution in [3.8, 4) is 0 Å². The van der Waals surface area contributed by atoms with E-state index >= 15 is 0 Å². The Morgan fingerprint density at radius 1 is 1.28 bits per heavy atom. The van der Waals surface area contributed by atoms with Crippen LogP contribution < -0.4 is 5.32 Å². The highest BCUT2D eigenvalue weighted by Gasteiger charge is 2.18. The molecule has 6 heteroatoms. The predicted molar refractivity (Wildman–Crippen MR) is 71.4 cm³/mol. The topological polar surface area (TPSA) is 63.2 Å². The van der Waals surface area contributed by atoms with Crippen molar-refractivity contribution in [2.24, 2.45) is 0 Å². The number of benzene rings is 1. The monoisotopic (exact) mass is 289 g/mol. The third-order valence-corrected chi connectivity index (χ3v) is 3.56. The molecule has 0 spiro atoms. The van der Waals surface area contributed by atoms with E-state index in [2.05, 4.69) is 5.32 Å². The zero-order valence-corrected chi connectivity index (χ0v) is 12.3. The van der Waals surface area contributed by atoms with Gasteiger partial charge >= 0.3 is 0 Å². The summed E-state index contributed by atoms with van der Waals surface area (Å²) in [4.78, 5) is 11.9. The van der Waals surface area contributed by atoms with Gasteiger partial charge in [0.15, 0.2) is 0 Å². The smallest absolute Gasteiger partial charge is 0.261 e. The number of aryl methyl sites for hydroxylation is 1. The fraction of sp³-hybridized carbons (Fsp3) is 0.417. The van der Waals surface area contributed by atoms with Crippen molar-refractivity contribution < 1.29 is 13.2 Å². The second-order valence-corrected chi connectivity index (χ2v) is 7.68. The second kappa shape index (κ2) is 4.90. The molecule has 4 nitrogen and oxygen atoms in total. The summed E-state index contributed by atoms with van der Waals surface area (Å²) < 4.78 is 22.3. The average molecular weight is 290 g/mol. The van der Waals surface area contributed by atoms with Crippen molar-refractivity contribution in [2.45, 2.75) is 38.1 Å². The molecule has 0 aliphatic rings. The number of hydrogen-bond donors (Lipinski definition) is 1. The van der Waals surface area contributed by atoms with Crippen molar-refractivity contribution in [3.63, 3.8) is 0 Å². The number of amides is 1. The van der Waals surface area contributed by atoms with E-state index in [9.17, 15) is 13.2 Å². The first-order chi connectivity index (χ1) is 8.00. The Labute approximate surface area is 112 Å². The van der Waals surface area contributed by atoms with Gasteiger partial charge in [0.05, 0.1) is 4.90 Å². The predicted octanol–water partition coefficient (Wildman–Crippen LogP) is 2.45. The van der Waals surface area contributed by atoms with Crippen LogP contribution in [0, 0.1) is 6.92 Å². The van der Waals surface area contributed by atoms with E-state index in [1.54, 1.807) is 6.92 Å². The minimum absolute atomic E-state index is 0.00558. The minimum Gasteiger partial charge on any atom is -0.347 e. The first-order valence-corrected chi connectivity index (χ1v) is 7.69. The van der Waals surface area contributed by atoms with Crippen LogP contribution in [0.3, 0.4) is 0 Å². The molecule has 0 heterocycles. The van der Waals surface area contributed by atoms with Gasteiger partial charge in [-0.2, -0.15) is 0 Å². The number of rotatable bonds is 2. The number of nitrogens with one attached hydrogen (secondary N) is 1. The third kappa shape index (κ3) is 3.99. The quantitative estimate of drug-likeness (QED) is 0.851. The molecule has 18 heavy (non-hydrogen) atoms. The van der Waals surface area contributed by atoms with Gasteiger partial charge in [-0.25, -0.2) is 8.42 Å². The van der Waals surface area contributed by atoms with Crippen LogP contribution in [-0.4, -0.2) is 19.9 Å². The maximum atomic E-state index is 11.9. The summed E-state index contributed by atoms with van der Waals surface area (Å²) in [5, 5.41) is 2.81. The number of halogens is 1. The second-order valence-electron chi connectivity index (χ2n) is 5.12. The van der Waals surface area contributed by atoms with Gasteiger partial charge in [-0.15, -0.1) is 0 Å². The van der Waals surface area contributed by atoms with Crippen LogP contribution in [-0.2, 0) is 9.05 Å². The van der Waals surface area contributed by atoms with Gasteiger partial charge in [0.1, 0.15) is 0 Å². The van der Waals surface area contributed by atoms with E-state index in [1.807, 2.05) is 20.8 Å². The van der Waals surface area contributed by atoms with E-state index in [0.29, 0.717) is 11.1 Å². The van der Waals surface area contributed by atoms with Crippen molar-refractivity contribution in [2.75, 3.05) is 0 Å². The van der Waals surface area contributed by atoms with E-state index in [-0.39, 0.29) is 16.3 Å². The summed E-state index contributed by atoms with van der Waals surface area (Å²) >= 11 is 0. The number of carbonyl (C=O) groups is 1. The SMILES string of the molecule is Cc1cc(S(=O)(=O)Cl)ccc1C(=O)NC(C)(C)C. The molecule has 0 radical (unpaired) electrons. The maximum Gasteiger partial charge on any atom is 0.261 e. The summed E-state index contributed by atoms with van der Waals surface area (Å²) in [6.45, 7) is 7.29. The number of hydrogen-bond acceptors (Lipinski definition) is 3. The molecule has 100 valence electrons. The Morgan fingerprint density at radius 2 is 1.83 bits per heavy atom. The van der Waals surface area contributed by atoms with E-state index in [0.717, 1.165) is 0 Å². The summed E-state index contributed by atoms with van der Waals surface area (Å²) in [5.74, 6) is -0.237.